The minimum absolute atomic E-state index is 0.132. The van der Waals surface area contributed by atoms with Gasteiger partial charge in [0.1, 0.15) is 5.82 Å². The van der Waals surface area contributed by atoms with Gasteiger partial charge in [0, 0.05) is 23.3 Å². The molecule has 8 heteroatoms. The molecule has 21 heavy (non-hydrogen) atoms. The molecule has 118 valence electrons. The maximum Gasteiger partial charge on any atom is 0.261 e. The van der Waals surface area contributed by atoms with Gasteiger partial charge in [-0.1, -0.05) is 18.5 Å². The van der Waals surface area contributed by atoms with Crippen molar-refractivity contribution in [2.24, 2.45) is 0 Å². The molecule has 0 aromatic heterocycles. The summed E-state index contributed by atoms with van der Waals surface area (Å²) in [5, 5.41) is -0.411. The summed E-state index contributed by atoms with van der Waals surface area (Å²) in [6.07, 6.45) is 0.706. The highest BCUT2D eigenvalue weighted by Crippen LogP contribution is 2.27. The lowest BCUT2D eigenvalue weighted by Gasteiger charge is -2.27. The van der Waals surface area contributed by atoms with Gasteiger partial charge in [-0.2, -0.15) is 0 Å². The first-order valence-electron chi connectivity index (χ1n) is 6.34. The van der Waals surface area contributed by atoms with Gasteiger partial charge in [0.15, 0.2) is 0 Å². The minimum atomic E-state index is -4.15. The van der Waals surface area contributed by atoms with Crippen LogP contribution in [0.3, 0.4) is 0 Å². The first-order chi connectivity index (χ1) is 9.59. The van der Waals surface area contributed by atoms with Gasteiger partial charge in [-0.15, -0.1) is 0 Å². The largest absolute Gasteiger partial charge is 0.336 e. The van der Waals surface area contributed by atoms with E-state index in [0.717, 1.165) is 6.07 Å². The molecule has 0 unspecified atom stereocenters. The summed E-state index contributed by atoms with van der Waals surface area (Å²) in [6, 6.07) is 1.56. The van der Waals surface area contributed by atoms with Gasteiger partial charge in [0.05, 0.1) is 15.5 Å². The summed E-state index contributed by atoms with van der Waals surface area (Å²) in [4.78, 5) is 13.5. The van der Waals surface area contributed by atoms with E-state index in [1.54, 1.807) is 13.8 Å². The first-order valence-corrected chi connectivity index (χ1v) is 9.03. The van der Waals surface area contributed by atoms with Crippen LogP contribution in [-0.2, 0) is 9.05 Å². The van der Waals surface area contributed by atoms with Crippen molar-refractivity contribution in [2.45, 2.75) is 38.1 Å². The minimum Gasteiger partial charge on any atom is -0.336 e. The van der Waals surface area contributed by atoms with Gasteiger partial charge in [0.2, 0.25) is 0 Å². The number of nitrogens with zero attached hydrogens (tertiary/aromatic N) is 1. The molecule has 0 radical (unpaired) electrons. The van der Waals surface area contributed by atoms with E-state index >= 15 is 0 Å². The van der Waals surface area contributed by atoms with Gasteiger partial charge >= 0.3 is 0 Å². The summed E-state index contributed by atoms with van der Waals surface area (Å²) in [6.45, 7) is 5.96. The maximum atomic E-state index is 13.8. The van der Waals surface area contributed by atoms with Gasteiger partial charge in [-0.3, -0.25) is 4.79 Å². The highest BCUT2D eigenvalue weighted by molar-refractivity contribution is 8.13. The Balaban J connectivity index is 3.41. The second-order valence-corrected chi connectivity index (χ2v) is 7.74. The molecule has 0 fully saturated rings. The summed E-state index contributed by atoms with van der Waals surface area (Å²) in [5.41, 5.74) is -0.210. The first kappa shape index (κ1) is 18.2. The second-order valence-electron chi connectivity index (χ2n) is 4.80. The summed E-state index contributed by atoms with van der Waals surface area (Å²) in [5.74, 6) is -1.53. The van der Waals surface area contributed by atoms with Crippen molar-refractivity contribution in [1.82, 2.24) is 4.90 Å². The van der Waals surface area contributed by atoms with Crippen LogP contribution in [0.1, 0.15) is 37.6 Å². The SMILES string of the molecule is CCCN(C(=O)c1cc(S(=O)(=O)Cl)cc(F)c1Cl)C(C)C. The molecule has 1 amide bonds. The van der Waals surface area contributed by atoms with Gasteiger partial charge in [0.25, 0.3) is 15.0 Å². The van der Waals surface area contributed by atoms with Crippen molar-refractivity contribution in [2.75, 3.05) is 6.54 Å². The van der Waals surface area contributed by atoms with Crippen molar-refractivity contribution >= 4 is 37.2 Å². The van der Waals surface area contributed by atoms with E-state index in [1.807, 2.05) is 6.92 Å². The van der Waals surface area contributed by atoms with Crippen LogP contribution in [0.25, 0.3) is 0 Å². The predicted octanol–water partition coefficient (Wildman–Crippen LogP) is 3.67. The van der Waals surface area contributed by atoms with Crippen LogP contribution in [-0.4, -0.2) is 31.8 Å². The van der Waals surface area contributed by atoms with Crippen molar-refractivity contribution in [3.63, 3.8) is 0 Å². The number of benzene rings is 1. The molecule has 1 rings (SSSR count). The molecular weight excluding hydrogens is 340 g/mol. The van der Waals surface area contributed by atoms with Gasteiger partial charge < -0.3 is 4.90 Å². The van der Waals surface area contributed by atoms with Crippen molar-refractivity contribution in [1.29, 1.82) is 0 Å². The Hall–Kier alpha value is -0.850. The summed E-state index contributed by atoms with van der Waals surface area (Å²) < 4.78 is 36.4. The van der Waals surface area contributed by atoms with Crippen LogP contribution in [0.15, 0.2) is 17.0 Å². The van der Waals surface area contributed by atoms with E-state index in [4.69, 9.17) is 22.3 Å². The molecule has 1 aromatic rings. The molecule has 0 bridgehead atoms. The topological polar surface area (TPSA) is 54.5 Å². The average Bonchev–Trinajstić information content (AvgIpc) is 2.36. The van der Waals surface area contributed by atoms with Crippen LogP contribution >= 0.6 is 22.3 Å². The third kappa shape index (κ3) is 4.31. The standard InChI is InChI=1S/C13H16Cl2FNO3S/c1-4-5-17(8(2)3)13(18)10-6-9(21(15,19)20)7-11(16)12(10)14/h6-8H,4-5H2,1-3H3. The molecule has 0 heterocycles. The van der Waals surface area contributed by atoms with Crippen LogP contribution in [0.5, 0.6) is 0 Å². The molecule has 1 aromatic carbocycles. The molecule has 0 saturated carbocycles. The smallest absolute Gasteiger partial charge is 0.261 e. The normalized spacial score (nSPS) is 11.8. The molecule has 4 nitrogen and oxygen atoms in total. The van der Waals surface area contributed by atoms with Crippen molar-refractivity contribution < 1.29 is 17.6 Å². The van der Waals surface area contributed by atoms with Crippen molar-refractivity contribution in [3.05, 3.63) is 28.5 Å². The monoisotopic (exact) mass is 355 g/mol. The molecule has 0 saturated heterocycles. The van der Waals surface area contributed by atoms with Crippen LogP contribution in [0, 0.1) is 5.82 Å². The number of amides is 1. The zero-order chi connectivity index (χ0) is 16.4. The van der Waals surface area contributed by atoms with Gasteiger partial charge in [-0.05, 0) is 32.4 Å². The Morgan fingerprint density at radius 1 is 1.38 bits per heavy atom. The third-order valence-corrected chi connectivity index (χ3v) is 4.58. The average molecular weight is 356 g/mol. The zero-order valence-corrected chi connectivity index (χ0v) is 14.2. The lowest BCUT2D eigenvalue weighted by Crippen LogP contribution is -2.37. The fraction of sp³-hybridized carbons (Fsp3) is 0.462. The van der Waals surface area contributed by atoms with Crippen molar-refractivity contribution in [3.8, 4) is 0 Å². The number of hydrogen-bond donors (Lipinski definition) is 0. The quantitative estimate of drug-likeness (QED) is 0.757. The van der Waals surface area contributed by atoms with Crippen LogP contribution in [0.2, 0.25) is 5.02 Å². The molecule has 0 spiro atoms. The van der Waals surface area contributed by atoms with E-state index < -0.39 is 30.7 Å². The third-order valence-electron chi connectivity index (χ3n) is 2.86. The number of rotatable bonds is 5. The summed E-state index contributed by atoms with van der Waals surface area (Å²) in [7, 11) is 1.05. The number of carbonyl (C=O) groups is 1. The maximum absolute atomic E-state index is 13.8. The fourth-order valence-electron chi connectivity index (χ4n) is 1.85. The number of hydrogen-bond acceptors (Lipinski definition) is 3. The predicted molar refractivity (Wildman–Crippen MR) is 80.9 cm³/mol. The zero-order valence-electron chi connectivity index (χ0n) is 11.9. The second kappa shape index (κ2) is 6.94. The molecule has 0 aliphatic rings. The Bertz CT molecular complexity index is 647. The Kier molecular flexibility index (Phi) is 6.01. The van der Waals surface area contributed by atoms with E-state index in [1.165, 1.54) is 4.90 Å². The highest BCUT2D eigenvalue weighted by Gasteiger charge is 2.25. The Morgan fingerprint density at radius 2 is 1.95 bits per heavy atom. The highest BCUT2D eigenvalue weighted by atomic mass is 35.7. The van der Waals surface area contributed by atoms with Gasteiger partial charge in [-0.25, -0.2) is 12.8 Å². The van der Waals surface area contributed by atoms with Crippen LogP contribution < -0.4 is 0 Å². The molecule has 0 N–H and O–H groups in total. The molecular formula is C13H16Cl2FNO3S. The lowest BCUT2D eigenvalue weighted by molar-refractivity contribution is 0.0705. The van der Waals surface area contributed by atoms with E-state index in [-0.39, 0.29) is 11.6 Å². The van der Waals surface area contributed by atoms with Crippen LogP contribution in [0.4, 0.5) is 4.39 Å². The van der Waals surface area contributed by atoms with E-state index in [9.17, 15) is 17.6 Å². The van der Waals surface area contributed by atoms with E-state index in [0.29, 0.717) is 19.0 Å². The molecule has 0 aliphatic heterocycles. The number of halogens is 3. The Labute approximate surface area is 133 Å². The Morgan fingerprint density at radius 3 is 2.38 bits per heavy atom. The summed E-state index contributed by atoms with van der Waals surface area (Å²) >= 11 is 5.80. The lowest BCUT2D eigenvalue weighted by atomic mass is 10.1. The fourth-order valence-corrected chi connectivity index (χ4v) is 2.81. The molecule has 0 atom stereocenters. The molecule has 0 aliphatic carbocycles. The van der Waals surface area contributed by atoms with E-state index in [2.05, 4.69) is 0 Å². The number of carbonyl (C=O) groups excluding carboxylic acids is 1.